The molecule has 0 N–H and O–H groups in total. The van der Waals surface area contributed by atoms with E-state index >= 15 is 0 Å². The summed E-state index contributed by atoms with van der Waals surface area (Å²) >= 11 is 0. The van der Waals surface area contributed by atoms with E-state index in [9.17, 15) is 4.79 Å². The first-order chi connectivity index (χ1) is 5.52. The molecule has 0 unspecified atom stereocenters. The molecule has 0 aliphatic carbocycles. The van der Waals surface area contributed by atoms with Gasteiger partial charge in [-0.15, -0.1) is 0 Å². The van der Waals surface area contributed by atoms with Crippen LogP contribution < -0.4 is 0 Å². The molecule has 0 spiro atoms. The van der Waals surface area contributed by atoms with Gasteiger partial charge in [0.25, 0.3) is 0 Å². The van der Waals surface area contributed by atoms with Crippen molar-refractivity contribution in [2.45, 2.75) is 27.7 Å². The van der Waals surface area contributed by atoms with Crippen molar-refractivity contribution in [2.24, 2.45) is 16.8 Å². The Hall–Kier alpha value is -0.860. The van der Waals surface area contributed by atoms with Crippen LogP contribution in [0.15, 0.2) is 4.99 Å². The summed E-state index contributed by atoms with van der Waals surface area (Å²) in [6, 6.07) is 0. The van der Waals surface area contributed by atoms with Gasteiger partial charge in [0.05, 0.1) is 6.61 Å². The van der Waals surface area contributed by atoms with Crippen molar-refractivity contribution in [3.05, 3.63) is 0 Å². The van der Waals surface area contributed by atoms with Gasteiger partial charge in [0.15, 0.2) is 0 Å². The lowest BCUT2D eigenvalue weighted by Crippen LogP contribution is -2.06. The molecule has 70 valence electrons. The highest BCUT2D eigenvalue weighted by atomic mass is 16.5. The van der Waals surface area contributed by atoms with Gasteiger partial charge in [-0.3, -0.25) is 0 Å². The van der Waals surface area contributed by atoms with E-state index in [4.69, 9.17) is 4.74 Å². The molecule has 0 saturated heterocycles. The summed E-state index contributed by atoms with van der Waals surface area (Å²) in [5, 5.41) is 0. The Bertz CT molecular complexity index is 162. The van der Waals surface area contributed by atoms with Crippen LogP contribution >= 0.6 is 0 Å². The second kappa shape index (κ2) is 5.75. The molecule has 0 atom stereocenters. The third-order valence-electron chi connectivity index (χ3n) is 1.02. The number of hydrogen-bond acceptors (Lipinski definition) is 2. The number of ether oxygens (including phenoxy) is 1. The first kappa shape index (κ1) is 11.1. The Labute approximate surface area is 73.8 Å². The van der Waals surface area contributed by atoms with Crippen LogP contribution in [-0.2, 0) is 4.74 Å². The van der Waals surface area contributed by atoms with Gasteiger partial charge in [-0.25, -0.2) is 4.79 Å². The molecule has 0 aromatic rings. The van der Waals surface area contributed by atoms with Crippen molar-refractivity contribution in [3.63, 3.8) is 0 Å². The number of carbonyl (C=O) groups excluding carboxylic acids is 1. The second-order valence-electron chi connectivity index (χ2n) is 3.49. The summed E-state index contributed by atoms with van der Waals surface area (Å²) in [4.78, 5) is 14.4. The van der Waals surface area contributed by atoms with Crippen molar-refractivity contribution < 1.29 is 9.53 Å². The Morgan fingerprint density at radius 2 is 2.00 bits per heavy atom. The van der Waals surface area contributed by atoms with Crippen LogP contribution in [0, 0.1) is 11.8 Å². The molecular formula is C9H17NO2. The summed E-state index contributed by atoms with van der Waals surface area (Å²) in [7, 11) is 0. The minimum atomic E-state index is -0.489. The van der Waals surface area contributed by atoms with Crippen LogP contribution in [0.4, 0.5) is 4.79 Å². The van der Waals surface area contributed by atoms with E-state index in [2.05, 4.69) is 4.99 Å². The predicted molar refractivity (Wildman–Crippen MR) is 49.5 cm³/mol. The normalized spacial score (nSPS) is 11.5. The maximum atomic E-state index is 10.8. The van der Waals surface area contributed by atoms with Gasteiger partial charge < -0.3 is 4.74 Å². The zero-order valence-corrected chi connectivity index (χ0v) is 8.20. The molecule has 0 aliphatic rings. The minimum Gasteiger partial charge on any atom is -0.448 e. The van der Waals surface area contributed by atoms with Gasteiger partial charge in [0.1, 0.15) is 0 Å². The average molecular weight is 171 g/mol. The maximum Gasteiger partial charge on any atom is 0.433 e. The number of hydrogen-bond donors (Lipinski definition) is 0. The highest BCUT2D eigenvalue weighted by molar-refractivity contribution is 5.79. The van der Waals surface area contributed by atoms with Crippen LogP contribution in [-0.4, -0.2) is 18.9 Å². The molecular weight excluding hydrogens is 154 g/mol. The zero-order chi connectivity index (χ0) is 9.56. The predicted octanol–water partition coefficient (Wildman–Crippen LogP) is 2.51. The minimum absolute atomic E-state index is 0.289. The van der Waals surface area contributed by atoms with Crippen LogP contribution in [0.5, 0.6) is 0 Å². The van der Waals surface area contributed by atoms with Crippen LogP contribution in [0.1, 0.15) is 27.7 Å². The van der Waals surface area contributed by atoms with E-state index in [-0.39, 0.29) is 5.92 Å². The quantitative estimate of drug-likeness (QED) is 0.612. The highest BCUT2D eigenvalue weighted by Gasteiger charge is 2.00. The van der Waals surface area contributed by atoms with Crippen molar-refractivity contribution >= 4 is 12.3 Å². The molecule has 0 aromatic carbocycles. The maximum absolute atomic E-state index is 10.8. The van der Waals surface area contributed by atoms with Crippen LogP contribution in [0.25, 0.3) is 0 Å². The summed E-state index contributed by atoms with van der Waals surface area (Å²) in [5.74, 6) is 0.653. The van der Waals surface area contributed by atoms with Gasteiger partial charge in [0, 0.05) is 6.21 Å². The first-order valence-electron chi connectivity index (χ1n) is 4.23. The smallest absolute Gasteiger partial charge is 0.433 e. The third kappa shape index (κ3) is 7.25. The molecule has 0 bridgehead atoms. The largest absolute Gasteiger partial charge is 0.448 e. The fourth-order valence-corrected chi connectivity index (χ4v) is 0.485. The van der Waals surface area contributed by atoms with Gasteiger partial charge in [-0.1, -0.05) is 27.7 Å². The van der Waals surface area contributed by atoms with Crippen molar-refractivity contribution in [3.8, 4) is 0 Å². The number of nitrogens with zero attached hydrogens (tertiary/aromatic N) is 1. The Morgan fingerprint density at radius 3 is 2.42 bits per heavy atom. The summed E-state index contributed by atoms with van der Waals surface area (Å²) in [5.41, 5.74) is 0. The molecule has 0 heterocycles. The van der Waals surface area contributed by atoms with Crippen molar-refractivity contribution in [1.82, 2.24) is 0 Å². The average Bonchev–Trinajstić information content (AvgIpc) is 1.96. The standard InChI is InChI=1S/C9H17NO2/c1-7(2)5-10-9(11)12-6-8(3)4/h5,7-8H,6H2,1-4H3. The highest BCUT2D eigenvalue weighted by Crippen LogP contribution is 1.95. The van der Waals surface area contributed by atoms with E-state index in [0.29, 0.717) is 12.5 Å². The zero-order valence-electron chi connectivity index (χ0n) is 8.20. The van der Waals surface area contributed by atoms with Crippen LogP contribution in [0.3, 0.4) is 0 Å². The van der Waals surface area contributed by atoms with Crippen molar-refractivity contribution in [2.75, 3.05) is 6.61 Å². The SMILES string of the molecule is CC(C)C=NC(=O)OCC(C)C. The molecule has 0 aromatic heterocycles. The molecule has 0 aliphatic heterocycles. The lowest BCUT2D eigenvalue weighted by atomic mass is 10.2. The fourth-order valence-electron chi connectivity index (χ4n) is 0.485. The first-order valence-corrected chi connectivity index (χ1v) is 4.23. The van der Waals surface area contributed by atoms with E-state index in [0.717, 1.165) is 0 Å². The molecule has 3 heteroatoms. The molecule has 3 nitrogen and oxygen atoms in total. The van der Waals surface area contributed by atoms with Gasteiger partial charge in [-0.05, 0) is 11.8 Å². The Kier molecular flexibility index (Phi) is 5.34. The monoisotopic (exact) mass is 171 g/mol. The van der Waals surface area contributed by atoms with E-state index in [1.165, 1.54) is 0 Å². The number of amides is 1. The number of carbonyl (C=O) groups is 1. The lowest BCUT2D eigenvalue weighted by molar-refractivity contribution is 0.143. The van der Waals surface area contributed by atoms with Crippen LogP contribution in [0.2, 0.25) is 0 Å². The summed E-state index contributed by atoms with van der Waals surface area (Å²) in [6.07, 6.45) is 1.10. The third-order valence-corrected chi connectivity index (χ3v) is 1.02. The molecule has 12 heavy (non-hydrogen) atoms. The molecule has 0 rings (SSSR count). The van der Waals surface area contributed by atoms with E-state index in [1.807, 2.05) is 27.7 Å². The van der Waals surface area contributed by atoms with Gasteiger partial charge in [-0.2, -0.15) is 4.99 Å². The van der Waals surface area contributed by atoms with E-state index < -0.39 is 6.09 Å². The number of aliphatic imine (C=N–C) groups is 1. The summed E-state index contributed by atoms with van der Waals surface area (Å²) < 4.78 is 4.82. The van der Waals surface area contributed by atoms with Gasteiger partial charge in [0.2, 0.25) is 0 Å². The van der Waals surface area contributed by atoms with E-state index in [1.54, 1.807) is 6.21 Å². The van der Waals surface area contributed by atoms with Gasteiger partial charge >= 0.3 is 6.09 Å². The fraction of sp³-hybridized carbons (Fsp3) is 0.778. The Balaban J connectivity index is 3.60. The topological polar surface area (TPSA) is 38.7 Å². The number of rotatable bonds is 3. The summed E-state index contributed by atoms with van der Waals surface area (Å²) in [6.45, 7) is 8.32. The molecule has 1 amide bonds. The molecule has 0 fully saturated rings. The second-order valence-corrected chi connectivity index (χ2v) is 3.49. The molecule has 0 saturated carbocycles. The Morgan fingerprint density at radius 1 is 1.42 bits per heavy atom. The molecule has 0 radical (unpaired) electrons. The van der Waals surface area contributed by atoms with Crippen molar-refractivity contribution in [1.29, 1.82) is 0 Å². The lowest BCUT2D eigenvalue weighted by Gasteiger charge is -2.03.